The van der Waals surface area contributed by atoms with Crippen LogP contribution >= 0.6 is 38.9 Å². The summed E-state index contributed by atoms with van der Waals surface area (Å²) in [5.74, 6) is 0. The highest BCUT2D eigenvalue weighted by Crippen LogP contribution is 2.25. The van der Waals surface area contributed by atoms with E-state index in [0.29, 0.717) is 9.82 Å². The first-order chi connectivity index (χ1) is 13.9. The van der Waals surface area contributed by atoms with Crippen LogP contribution in [-0.2, 0) is 10.0 Å². The lowest BCUT2D eigenvalue weighted by Gasteiger charge is -2.09. The summed E-state index contributed by atoms with van der Waals surface area (Å²) in [6.07, 6.45) is 0. The van der Waals surface area contributed by atoms with Crippen molar-refractivity contribution in [1.82, 2.24) is 4.57 Å². The number of benzene rings is 3. The van der Waals surface area contributed by atoms with Crippen molar-refractivity contribution in [2.45, 2.75) is 4.90 Å². The second-order valence-corrected chi connectivity index (χ2v) is 9.89. The SMILES string of the molecule is O=S(=O)(N=c1scc(-c2ccc(Br)cc2)n1-c1ccccc1)c1ccc(Cl)cc1. The molecule has 0 atom stereocenters. The van der Waals surface area contributed by atoms with Gasteiger partial charge in [-0.15, -0.1) is 15.7 Å². The molecule has 3 aromatic carbocycles. The van der Waals surface area contributed by atoms with Crippen molar-refractivity contribution in [3.05, 3.63) is 98.5 Å². The Balaban J connectivity index is 1.93. The van der Waals surface area contributed by atoms with Crippen LogP contribution in [0.25, 0.3) is 16.9 Å². The molecule has 0 saturated heterocycles. The fraction of sp³-hybridized carbons (Fsp3) is 0. The van der Waals surface area contributed by atoms with Gasteiger partial charge in [0.05, 0.1) is 10.6 Å². The third-order valence-electron chi connectivity index (χ3n) is 4.17. The van der Waals surface area contributed by atoms with Gasteiger partial charge in [-0.05, 0) is 54.1 Å². The van der Waals surface area contributed by atoms with Crippen molar-refractivity contribution in [3.8, 4) is 16.9 Å². The van der Waals surface area contributed by atoms with E-state index in [2.05, 4.69) is 20.3 Å². The van der Waals surface area contributed by atoms with Gasteiger partial charge >= 0.3 is 0 Å². The number of nitrogens with zero attached hydrogens (tertiary/aromatic N) is 2. The molecule has 146 valence electrons. The van der Waals surface area contributed by atoms with Crippen LogP contribution in [0.3, 0.4) is 0 Å². The smallest absolute Gasteiger partial charge is 0.284 e. The maximum Gasteiger partial charge on any atom is 0.285 e. The highest BCUT2D eigenvalue weighted by molar-refractivity contribution is 9.10. The Hall–Kier alpha value is -2.19. The predicted molar refractivity (Wildman–Crippen MR) is 121 cm³/mol. The fourth-order valence-corrected chi connectivity index (χ4v) is 5.28. The van der Waals surface area contributed by atoms with Gasteiger partial charge in [0.25, 0.3) is 10.0 Å². The molecule has 1 aromatic heterocycles. The van der Waals surface area contributed by atoms with Crippen molar-refractivity contribution >= 4 is 48.9 Å². The molecule has 0 amide bonds. The summed E-state index contributed by atoms with van der Waals surface area (Å²) in [6.45, 7) is 0. The van der Waals surface area contributed by atoms with Crippen molar-refractivity contribution < 1.29 is 8.42 Å². The fourth-order valence-electron chi connectivity index (χ4n) is 2.79. The second kappa shape index (κ2) is 8.28. The third-order valence-corrected chi connectivity index (χ3v) is 7.18. The Labute approximate surface area is 185 Å². The van der Waals surface area contributed by atoms with Crippen LogP contribution in [0.5, 0.6) is 0 Å². The van der Waals surface area contributed by atoms with E-state index in [4.69, 9.17) is 11.6 Å². The summed E-state index contributed by atoms with van der Waals surface area (Å²) in [5, 5.41) is 2.38. The van der Waals surface area contributed by atoms with Crippen LogP contribution in [0.15, 0.2) is 98.0 Å². The Kier molecular flexibility index (Phi) is 5.74. The first kappa shape index (κ1) is 20.1. The van der Waals surface area contributed by atoms with Crippen molar-refractivity contribution in [2.24, 2.45) is 4.40 Å². The lowest BCUT2D eigenvalue weighted by molar-refractivity contribution is 0.596. The molecule has 0 bridgehead atoms. The number of hydrogen-bond donors (Lipinski definition) is 0. The zero-order chi connectivity index (χ0) is 20.4. The van der Waals surface area contributed by atoms with Gasteiger partial charge in [0.15, 0.2) is 0 Å². The number of sulfonamides is 1. The molecular weight excluding hydrogens is 492 g/mol. The minimum atomic E-state index is -3.89. The molecule has 0 aliphatic heterocycles. The molecule has 0 radical (unpaired) electrons. The summed E-state index contributed by atoms with van der Waals surface area (Å²) in [5.41, 5.74) is 2.65. The van der Waals surface area contributed by atoms with Crippen LogP contribution in [0.4, 0.5) is 0 Å². The van der Waals surface area contributed by atoms with Crippen LogP contribution in [0.1, 0.15) is 0 Å². The van der Waals surface area contributed by atoms with Crippen molar-refractivity contribution in [3.63, 3.8) is 0 Å². The number of rotatable bonds is 4. The second-order valence-electron chi connectivity index (χ2n) is 6.10. The number of hydrogen-bond acceptors (Lipinski definition) is 3. The van der Waals surface area contributed by atoms with E-state index < -0.39 is 10.0 Å². The zero-order valence-electron chi connectivity index (χ0n) is 14.9. The molecule has 4 aromatic rings. The van der Waals surface area contributed by atoms with E-state index in [1.54, 1.807) is 0 Å². The Morgan fingerprint density at radius 1 is 0.897 bits per heavy atom. The standard InChI is InChI=1S/C21H14BrClN2O2S2/c22-16-8-6-15(7-9-16)20-14-28-21(25(20)18-4-2-1-3-5-18)24-29(26,27)19-12-10-17(23)11-13-19/h1-14H. The van der Waals surface area contributed by atoms with Gasteiger partial charge in [-0.1, -0.05) is 57.9 Å². The maximum absolute atomic E-state index is 12.9. The number of thiazole rings is 1. The number of aromatic nitrogens is 1. The molecule has 0 N–H and O–H groups in total. The van der Waals surface area contributed by atoms with Crippen LogP contribution < -0.4 is 4.80 Å². The largest absolute Gasteiger partial charge is 0.285 e. The van der Waals surface area contributed by atoms with Gasteiger partial charge in [-0.3, -0.25) is 4.57 Å². The average molecular weight is 506 g/mol. The van der Waals surface area contributed by atoms with Gasteiger partial charge in [0.1, 0.15) is 0 Å². The minimum absolute atomic E-state index is 0.0973. The van der Waals surface area contributed by atoms with Gasteiger partial charge < -0.3 is 0 Å². The highest BCUT2D eigenvalue weighted by atomic mass is 79.9. The molecule has 0 saturated carbocycles. The number of halogens is 2. The molecule has 1 heterocycles. The van der Waals surface area contributed by atoms with Crippen LogP contribution in [-0.4, -0.2) is 13.0 Å². The Bertz CT molecular complexity index is 1310. The zero-order valence-corrected chi connectivity index (χ0v) is 18.8. The summed E-state index contributed by atoms with van der Waals surface area (Å²) >= 11 is 10.6. The normalized spacial score (nSPS) is 12.3. The molecule has 4 rings (SSSR count). The Morgan fingerprint density at radius 2 is 1.55 bits per heavy atom. The van der Waals surface area contributed by atoms with Gasteiger partial charge in [0.2, 0.25) is 4.80 Å². The number of para-hydroxylation sites is 1. The summed E-state index contributed by atoms with van der Waals surface area (Å²) < 4.78 is 32.7. The first-order valence-corrected chi connectivity index (χ1v) is 12.0. The molecule has 0 fully saturated rings. The van der Waals surface area contributed by atoms with E-state index in [-0.39, 0.29) is 4.90 Å². The molecule has 0 aliphatic rings. The van der Waals surface area contributed by atoms with E-state index >= 15 is 0 Å². The first-order valence-electron chi connectivity index (χ1n) is 8.52. The monoisotopic (exact) mass is 504 g/mol. The third kappa shape index (κ3) is 4.38. The molecule has 4 nitrogen and oxygen atoms in total. The van der Waals surface area contributed by atoms with Gasteiger partial charge in [-0.2, -0.15) is 8.42 Å². The predicted octanol–water partition coefficient (Wildman–Crippen LogP) is 5.91. The molecule has 0 spiro atoms. The summed E-state index contributed by atoms with van der Waals surface area (Å²) in [4.78, 5) is 0.462. The van der Waals surface area contributed by atoms with Crippen molar-refractivity contribution in [1.29, 1.82) is 0 Å². The van der Waals surface area contributed by atoms with Crippen LogP contribution in [0.2, 0.25) is 5.02 Å². The lowest BCUT2D eigenvalue weighted by Crippen LogP contribution is -2.16. The minimum Gasteiger partial charge on any atom is -0.284 e. The van der Waals surface area contributed by atoms with E-state index in [9.17, 15) is 8.42 Å². The van der Waals surface area contributed by atoms with E-state index in [0.717, 1.165) is 21.4 Å². The topological polar surface area (TPSA) is 51.4 Å². The molecule has 29 heavy (non-hydrogen) atoms. The Morgan fingerprint density at radius 3 is 2.21 bits per heavy atom. The van der Waals surface area contributed by atoms with Gasteiger partial charge in [-0.25, -0.2) is 0 Å². The van der Waals surface area contributed by atoms with Crippen molar-refractivity contribution in [2.75, 3.05) is 0 Å². The maximum atomic E-state index is 12.9. The summed E-state index contributed by atoms with van der Waals surface area (Å²) in [6, 6.07) is 23.4. The quantitative estimate of drug-likeness (QED) is 0.346. The molecular formula is C21H14BrClN2O2S2. The van der Waals surface area contributed by atoms with E-state index in [1.807, 2.05) is 64.5 Å². The summed E-state index contributed by atoms with van der Waals surface area (Å²) in [7, 11) is -3.89. The molecule has 0 unspecified atom stereocenters. The van der Waals surface area contributed by atoms with Gasteiger partial charge in [0, 0.05) is 20.6 Å². The highest BCUT2D eigenvalue weighted by Gasteiger charge is 2.16. The van der Waals surface area contributed by atoms with Crippen LogP contribution in [0, 0.1) is 0 Å². The molecule has 8 heteroatoms. The lowest BCUT2D eigenvalue weighted by atomic mass is 10.1. The van der Waals surface area contributed by atoms with E-state index in [1.165, 1.54) is 35.6 Å². The molecule has 0 aliphatic carbocycles. The average Bonchev–Trinajstić information content (AvgIpc) is 3.12.